The Labute approximate surface area is 209 Å². The van der Waals surface area contributed by atoms with Gasteiger partial charge in [-0.2, -0.15) is 0 Å². The monoisotopic (exact) mass is 491 g/mol. The fraction of sp³-hybridized carbons (Fsp3) is 0. The Kier molecular flexibility index (Phi) is 5.28. The third-order valence-corrected chi connectivity index (χ3v) is 7.03. The second-order valence-electron chi connectivity index (χ2n) is 8.14. The lowest BCUT2D eigenvalue weighted by Crippen LogP contribution is -2.41. The summed E-state index contributed by atoms with van der Waals surface area (Å²) in [4.78, 5) is 32.0. The van der Waals surface area contributed by atoms with Gasteiger partial charge in [-0.1, -0.05) is 78.9 Å². The van der Waals surface area contributed by atoms with Crippen molar-refractivity contribution in [3.63, 3.8) is 0 Å². The van der Waals surface area contributed by atoms with Gasteiger partial charge < -0.3 is 5.73 Å². The third-order valence-electron chi connectivity index (χ3n) is 5.94. The number of rotatable bonds is 5. The molecule has 0 amide bonds. The second kappa shape index (κ2) is 8.75. The molecule has 0 unspecified atom stereocenters. The summed E-state index contributed by atoms with van der Waals surface area (Å²) >= 11 is 1.17. The lowest BCUT2D eigenvalue weighted by Gasteiger charge is -2.08. The molecule has 0 fully saturated rings. The van der Waals surface area contributed by atoms with Crippen LogP contribution < -0.4 is 16.0 Å². The topological polar surface area (TPSA) is 106 Å². The first kappa shape index (κ1) is 21.7. The molecule has 0 aliphatic rings. The normalized spacial score (nSPS) is 11.1. The van der Waals surface area contributed by atoms with Crippen LogP contribution in [0.2, 0.25) is 0 Å². The molecular formula is C28H19N4O3S+. The minimum atomic E-state index is -0.776. The molecule has 6 aromatic rings. The molecule has 0 atom stereocenters. The van der Waals surface area contributed by atoms with Crippen molar-refractivity contribution in [1.82, 2.24) is 10.3 Å². The van der Waals surface area contributed by atoms with Crippen molar-refractivity contribution in [2.45, 2.75) is 0 Å². The minimum Gasteiger partial charge on any atom is -0.397 e. The first-order chi connectivity index (χ1) is 17.6. The molecule has 0 spiro atoms. The largest absolute Gasteiger partial charge is 0.439 e. The highest BCUT2D eigenvalue weighted by molar-refractivity contribution is 7.21. The molecule has 3 N–H and O–H groups in total. The van der Waals surface area contributed by atoms with E-state index >= 15 is 0 Å². The van der Waals surface area contributed by atoms with E-state index in [0.29, 0.717) is 15.9 Å². The molecule has 3 heterocycles. The SMILES string of the molecule is Nc1c(C(=O)c2c(=O)o[nH][n+]2-c2ccccc2)sc2nc(-c3ccccc3)cc(-c3ccccc3)c12. The maximum absolute atomic E-state index is 13.7. The molecule has 7 nitrogen and oxygen atoms in total. The molecule has 6 rings (SSSR count). The van der Waals surface area contributed by atoms with Crippen LogP contribution in [-0.4, -0.2) is 16.0 Å². The first-order valence-electron chi connectivity index (χ1n) is 11.2. The molecule has 0 radical (unpaired) electrons. The summed E-state index contributed by atoms with van der Waals surface area (Å²) in [6.45, 7) is 0. The number of nitrogen functional groups attached to an aromatic ring is 1. The van der Waals surface area contributed by atoms with Gasteiger partial charge in [0, 0.05) is 23.1 Å². The van der Waals surface area contributed by atoms with Crippen molar-refractivity contribution in [2.24, 2.45) is 0 Å². The van der Waals surface area contributed by atoms with Crippen LogP contribution in [0.5, 0.6) is 0 Å². The Bertz CT molecular complexity index is 1770. The van der Waals surface area contributed by atoms with Crippen LogP contribution in [0.15, 0.2) is 106 Å². The van der Waals surface area contributed by atoms with E-state index in [0.717, 1.165) is 22.4 Å². The third kappa shape index (κ3) is 3.60. The van der Waals surface area contributed by atoms with Crippen LogP contribution in [-0.2, 0) is 0 Å². The maximum atomic E-state index is 13.7. The Hall–Kier alpha value is -4.82. The number of H-pyrrole nitrogens is 1. The number of ketones is 1. The van der Waals surface area contributed by atoms with Gasteiger partial charge in [0.15, 0.2) is 0 Å². The zero-order chi connectivity index (χ0) is 24.6. The van der Waals surface area contributed by atoms with E-state index in [1.54, 1.807) is 24.3 Å². The predicted octanol–water partition coefficient (Wildman–Crippen LogP) is 5.00. The average Bonchev–Trinajstić information content (AvgIpc) is 3.49. The number of para-hydroxylation sites is 1. The van der Waals surface area contributed by atoms with E-state index in [9.17, 15) is 9.59 Å². The molecule has 8 heteroatoms. The van der Waals surface area contributed by atoms with Crippen molar-refractivity contribution >= 4 is 33.0 Å². The van der Waals surface area contributed by atoms with Crippen molar-refractivity contribution in [3.8, 4) is 28.1 Å². The Balaban J connectivity index is 1.58. The summed E-state index contributed by atoms with van der Waals surface area (Å²) in [5.41, 5.74) is 10.1. The zero-order valence-corrected chi connectivity index (χ0v) is 19.7. The molecule has 0 bridgehead atoms. The number of hydrogen-bond donors (Lipinski definition) is 2. The summed E-state index contributed by atoms with van der Waals surface area (Å²) < 4.78 is 6.32. The van der Waals surface area contributed by atoms with Gasteiger partial charge >= 0.3 is 11.3 Å². The lowest BCUT2D eigenvalue weighted by molar-refractivity contribution is -0.672. The highest BCUT2D eigenvalue weighted by Crippen LogP contribution is 2.41. The summed E-state index contributed by atoms with van der Waals surface area (Å²) in [5, 5.41) is 3.20. The fourth-order valence-electron chi connectivity index (χ4n) is 4.22. The molecule has 0 saturated carbocycles. The number of hydrogen-bond acceptors (Lipinski definition) is 6. The number of nitrogens with zero attached hydrogens (tertiary/aromatic N) is 2. The number of anilines is 1. The maximum Gasteiger partial charge on any atom is 0.439 e. The van der Waals surface area contributed by atoms with E-state index < -0.39 is 11.4 Å². The minimum absolute atomic E-state index is 0.163. The van der Waals surface area contributed by atoms with Crippen molar-refractivity contribution in [2.75, 3.05) is 5.73 Å². The van der Waals surface area contributed by atoms with Gasteiger partial charge in [0.25, 0.3) is 5.78 Å². The van der Waals surface area contributed by atoms with Gasteiger partial charge in [0.1, 0.15) is 9.71 Å². The van der Waals surface area contributed by atoms with Crippen molar-refractivity contribution in [1.29, 1.82) is 0 Å². The number of thiophene rings is 1. The quantitative estimate of drug-likeness (QED) is 0.261. The highest BCUT2D eigenvalue weighted by Gasteiger charge is 2.35. The molecule has 36 heavy (non-hydrogen) atoms. The number of nitrogens with one attached hydrogen (secondary N) is 1. The van der Waals surface area contributed by atoms with Crippen molar-refractivity contribution in [3.05, 3.63) is 118 Å². The molecular weight excluding hydrogens is 472 g/mol. The molecule has 174 valence electrons. The van der Waals surface area contributed by atoms with Gasteiger partial charge in [0.2, 0.25) is 5.69 Å². The molecule has 0 aliphatic heterocycles. The van der Waals surface area contributed by atoms with E-state index in [1.165, 1.54) is 16.0 Å². The lowest BCUT2D eigenvalue weighted by atomic mass is 9.99. The summed E-state index contributed by atoms with van der Waals surface area (Å²) in [5.74, 6) is -0.533. The Morgan fingerprint density at radius 1 is 0.889 bits per heavy atom. The first-order valence-corrected chi connectivity index (χ1v) is 12.0. The number of pyridine rings is 1. The predicted molar refractivity (Wildman–Crippen MR) is 139 cm³/mol. The van der Waals surface area contributed by atoms with E-state index in [2.05, 4.69) is 5.27 Å². The zero-order valence-electron chi connectivity index (χ0n) is 18.8. The smallest absolute Gasteiger partial charge is 0.397 e. The van der Waals surface area contributed by atoms with Gasteiger partial charge in [-0.05, 0) is 27.1 Å². The van der Waals surface area contributed by atoms with Gasteiger partial charge in [-0.25, -0.2) is 9.78 Å². The number of aromatic amines is 1. The highest BCUT2D eigenvalue weighted by atomic mass is 32.1. The summed E-state index contributed by atoms with van der Waals surface area (Å²) in [6.07, 6.45) is 0. The second-order valence-corrected chi connectivity index (χ2v) is 9.14. The number of benzene rings is 3. The molecule has 0 saturated heterocycles. The van der Waals surface area contributed by atoms with E-state index in [1.807, 2.05) is 72.8 Å². The van der Waals surface area contributed by atoms with Crippen molar-refractivity contribution < 1.29 is 14.0 Å². The van der Waals surface area contributed by atoms with Crippen LogP contribution >= 0.6 is 11.3 Å². The molecule has 3 aromatic carbocycles. The van der Waals surface area contributed by atoms with E-state index in [4.69, 9.17) is 15.2 Å². The van der Waals surface area contributed by atoms with Crippen LogP contribution in [0, 0.1) is 0 Å². The number of aromatic nitrogens is 3. The van der Waals surface area contributed by atoms with E-state index in [-0.39, 0.29) is 16.3 Å². The molecule has 0 aliphatic carbocycles. The Morgan fingerprint density at radius 3 is 2.17 bits per heavy atom. The number of carbonyl (C=O) groups excluding carboxylic acids is 1. The summed E-state index contributed by atoms with van der Waals surface area (Å²) in [6, 6.07) is 30.6. The van der Waals surface area contributed by atoms with Gasteiger partial charge in [-0.3, -0.25) is 9.32 Å². The van der Waals surface area contributed by atoms with Crippen LogP contribution in [0.3, 0.4) is 0 Å². The standard InChI is InChI=1S/C28H18N4O3S/c29-23-22-20(17-10-4-1-5-11-17)16-21(18-12-6-2-7-13-18)30-27(22)36-26(23)25(33)24-28(34)35-31-32(24)19-14-8-3-9-15-19/h1-16H,(H2-,29,31,33,34)/p+1. The van der Waals surface area contributed by atoms with Crippen LogP contribution in [0.1, 0.15) is 15.4 Å². The number of fused-ring (bicyclic) bond motifs is 1. The van der Waals surface area contributed by atoms with Crippen LogP contribution in [0.25, 0.3) is 38.3 Å². The average molecular weight is 492 g/mol. The van der Waals surface area contributed by atoms with Gasteiger partial charge in [0.05, 0.1) is 11.4 Å². The van der Waals surface area contributed by atoms with Gasteiger partial charge in [-0.15, -0.1) is 11.3 Å². The molecule has 3 aromatic heterocycles. The Morgan fingerprint density at radius 2 is 1.50 bits per heavy atom. The summed E-state index contributed by atoms with van der Waals surface area (Å²) in [7, 11) is 0. The number of carbonyl (C=O) groups is 1. The fourth-order valence-corrected chi connectivity index (χ4v) is 5.29. The van der Waals surface area contributed by atoms with Crippen LogP contribution in [0.4, 0.5) is 5.69 Å². The number of nitrogens with two attached hydrogens (primary N) is 1.